The maximum Gasteiger partial charge on any atom is 0.416 e. The quantitative estimate of drug-likeness (QED) is 0.373. The molecule has 35 heavy (non-hydrogen) atoms. The molecule has 0 N–H and O–H groups in total. The third-order valence-corrected chi connectivity index (χ3v) is 6.44. The predicted molar refractivity (Wildman–Crippen MR) is 119 cm³/mol. The van der Waals surface area contributed by atoms with E-state index >= 15 is 0 Å². The second-order valence-corrected chi connectivity index (χ2v) is 8.94. The minimum absolute atomic E-state index is 0.0271. The molecular weight excluding hydrogens is 470 g/mol. The second-order valence-electron chi connectivity index (χ2n) is 8.94. The Morgan fingerprint density at radius 1 is 0.914 bits per heavy atom. The Labute approximate surface area is 199 Å². The Kier molecular flexibility index (Phi) is 7.19. The summed E-state index contributed by atoms with van der Waals surface area (Å²) in [5.74, 6) is -2.21. The third-order valence-electron chi connectivity index (χ3n) is 6.44. The molecule has 3 aromatic rings. The molecule has 0 saturated carbocycles. The number of piperidine rings is 1. The molecular formula is C26H24F6N2O. The SMILES string of the molecule is CN1CCC(COCc2cc(C(F)(F)F)cc(-c3ccc(F)cc3F)n2)(c2ccc(F)cc2)CC1. The number of aromatic nitrogens is 1. The number of halogens is 6. The maximum absolute atomic E-state index is 14.3. The fourth-order valence-electron chi connectivity index (χ4n) is 4.38. The van der Waals surface area contributed by atoms with Gasteiger partial charge in [-0.3, -0.25) is 4.98 Å². The summed E-state index contributed by atoms with van der Waals surface area (Å²) < 4.78 is 87.5. The van der Waals surface area contributed by atoms with E-state index in [1.165, 1.54) is 12.1 Å². The first-order valence-electron chi connectivity index (χ1n) is 11.1. The monoisotopic (exact) mass is 494 g/mol. The van der Waals surface area contributed by atoms with Crippen LogP contribution >= 0.6 is 0 Å². The van der Waals surface area contributed by atoms with Gasteiger partial charge in [0.2, 0.25) is 0 Å². The van der Waals surface area contributed by atoms with E-state index < -0.39 is 28.8 Å². The van der Waals surface area contributed by atoms with Crippen molar-refractivity contribution in [2.24, 2.45) is 0 Å². The topological polar surface area (TPSA) is 25.4 Å². The van der Waals surface area contributed by atoms with Crippen LogP contribution in [-0.4, -0.2) is 36.6 Å². The number of ether oxygens (including phenoxy) is 1. The molecule has 1 aliphatic heterocycles. The second kappa shape index (κ2) is 9.99. The first kappa shape index (κ1) is 25.2. The number of alkyl halides is 3. The standard InChI is InChI=1S/C26H24F6N2O/c1-34-10-8-25(9-11-34,17-2-4-19(27)5-3-17)16-35-15-21-12-18(26(30,31)32)13-24(33-21)22-7-6-20(28)14-23(22)29/h2-7,12-14H,8-11,15-16H2,1H3. The van der Waals surface area contributed by atoms with Gasteiger partial charge < -0.3 is 9.64 Å². The molecule has 9 heteroatoms. The molecule has 0 spiro atoms. The van der Waals surface area contributed by atoms with E-state index in [1.54, 1.807) is 12.1 Å². The lowest BCUT2D eigenvalue weighted by atomic mass is 9.73. The van der Waals surface area contributed by atoms with Gasteiger partial charge in [-0.25, -0.2) is 13.2 Å². The van der Waals surface area contributed by atoms with Crippen molar-refractivity contribution in [1.29, 1.82) is 0 Å². The van der Waals surface area contributed by atoms with Crippen LogP contribution in [0.25, 0.3) is 11.3 Å². The van der Waals surface area contributed by atoms with E-state index in [4.69, 9.17) is 4.74 Å². The van der Waals surface area contributed by atoms with Crippen molar-refractivity contribution in [3.63, 3.8) is 0 Å². The molecule has 4 rings (SSSR count). The van der Waals surface area contributed by atoms with Gasteiger partial charge in [0.1, 0.15) is 17.5 Å². The number of benzene rings is 2. The van der Waals surface area contributed by atoms with Crippen molar-refractivity contribution in [2.75, 3.05) is 26.7 Å². The molecule has 186 valence electrons. The molecule has 0 bridgehead atoms. The van der Waals surface area contributed by atoms with Crippen molar-refractivity contribution < 1.29 is 31.1 Å². The van der Waals surface area contributed by atoms with E-state index in [2.05, 4.69) is 9.88 Å². The zero-order chi connectivity index (χ0) is 25.2. The van der Waals surface area contributed by atoms with Gasteiger partial charge in [0.25, 0.3) is 0 Å². The average molecular weight is 494 g/mol. The van der Waals surface area contributed by atoms with E-state index in [0.29, 0.717) is 6.07 Å². The fourth-order valence-corrected chi connectivity index (χ4v) is 4.38. The lowest BCUT2D eigenvalue weighted by molar-refractivity contribution is -0.137. The Hall–Kier alpha value is -2.91. The first-order chi connectivity index (χ1) is 16.6. The lowest BCUT2D eigenvalue weighted by Crippen LogP contribution is -2.43. The molecule has 3 nitrogen and oxygen atoms in total. The van der Waals surface area contributed by atoms with Crippen LogP contribution in [0.1, 0.15) is 29.7 Å². The van der Waals surface area contributed by atoms with Gasteiger partial charge in [0.05, 0.1) is 30.2 Å². The van der Waals surface area contributed by atoms with Gasteiger partial charge >= 0.3 is 6.18 Å². The number of hydrogen-bond donors (Lipinski definition) is 0. The van der Waals surface area contributed by atoms with Crippen molar-refractivity contribution in [2.45, 2.75) is 31.0 Å². The van der Waals surface area contributed by atoms with Crippen LogP contribution in [-0.2, 0) is 22.9 Å². The minimum atomic E-state index is -4.69. The molecule has 0 amide bonds. The van der Waals surface area contributed by atoms with Gasteiger partial charge in [-0.15, -0.1) is 0 Å². The molecule has 0 unspecified atom stereocenters. The van der Waals surface area contributed by atoms with Crippen LogP contribution in [0.4, 0.5) is 26.3 Å². The van der Waals surface area contributed by atoms with Crippen LogP contribution in [0.15, 0.2) is 54.6 Å². The largest absolute Gasteiger partial charge is 0.416 e. The van der Waals surface area contributed by atoms with Gasteiger partial charge in [0, 0.05) is 17.0 Å². The smallest absolute Gasteiger partial charge is 0.374 e. The van der Waals surface area contributed by atoms with Crippen LogP contribution in [0.3, 0.4) is 0 Å². The number of nitrogens with zero attached hydrogens (tertiary/aromatic N) is 2. The summed E-state index contributed by atoms with van der Waals surface area (Å²) in [6.45, 7) is 1.54. The Bertz CT molecular complexity index is 1170. The van der Waals surface area contributed by atoms with Crippen molar-refractivity contribution in [3.05, 3.63) is 88.9 Å². The number of pyridine rings is 1. The van der Waals surface area contributed by atoms with Gasteiger partial charge in [-0.1, -0.05) is 12.1 Å². The Morgan fingerprint density at radius 2 is 1.57 bits per heavy atom. The van der Waals surface area contributed by atoms with Crippen LogP contribution in [0.2, 0.25) is 0 Å². The van der Waals surface area contributed by atoms with E-state index in [-0.39, 0.29) is 36.0 Å². The summed E-state index contributed by atoms with van der Waals surface area (Å²) in [5.41, 5.74) is -1.05. The molecule has 2 heterocycles. The van der Waals surface area contributed by atoms with E-state index in [0.717, 1.165) is 55.8 Å². The summed E-state index contributed by atoms with van der Waals surface area (Å²) in [4.78, 5) is 6.33. The zero-order valence-electron chi connectivity index (χ0n) is 19.0. The number of rotatable bonds is 6. The highest BCUT2D eigenvalue weighted by molar-refractivity contribution is 5.61. The fraction of sp³-hybridized carbons (Fsp3) is 0.346. The molecule has 1 aromatic heterocycles. The molecule has 0 radical (unpaired) electrons. The molecule has 0 atom stereocenters. The highest BCUT2D eigenvalue weighted by Crippen LogP contribution is 2.37. The highest BCUT2D eigenvalue weighted by atomic mass is 19.4. The van der Waals surface area contributed by atoms with Crippen LogP contribution < -0.4 is 0 Å². The van der Waals surface area contributed by atoms with E-state index in [9.17, 15) is 26.3 Å². The lowest BCUT2D eigenvalue weighted by Gasteiger charge is -2.41. The summed E-state index contributed by atoms with van der Waals surface area (Å²) in [6, 6.07) is 10.4. The molecule has 1 aliphatic rings. The van der Waals surface area contributed by atoms with Crippen molar-refractivity contribution in [1.82, 2.24) is 9.88 Å². The van der Waals surface area contributed by atoms with Crippen molar-refractivity contribution >= 4 is 0 Å². The summed E-state index contributed by atoms with van der Waals surface area (Å²) in [5, 5.41) is 0. The molecule has 1 saturated heterocycles. The summed E-state index contributed by atoms with van der Waals surface area (Å²) >= 11 is 0. The minimum Gasteiger partial charge on any atom is -0.374 e. The number of hydrogen-bond acceptors (Lipinski definition) is 3. The Balaban J connectivity index is 1.59. The molecule has 2 aromatic carbocycles. The van der Waals surface area contributed by atoms with Gasteiger partial charge in [0.15, 0.2) is 0 Å². The summed E-state index contributed by atoms with van der Waals surface area (Å²) in [7, 11) is 2.00. The highest BCUT2D eigenvalue weighted by Gasteiger charge is 2.36. The Morgan fingerprint density at radius 3 is 2.20 bits per heavy atom. The van der Waals surface area contributed by atoms with E-state index in [1.807, 2.05) is 7.05 Å². The van der Waals surface area contributed by atoms with Crippen LogP contribution in [0, 0.1) is 17.5 Å². The summed E-state index contributed by atoms with van der Waals surface area (Å²) in [6.07, 6.45) is -3.22. The average Bonchev–Trinajstić information content (AvgIpc) is 2.80. The molecule has 0 aliphatic carbocycles. The van der Waals surface area contributed by atoms with Gasteiger partial charge in [-0.2, -0.15) is 13.2 Å². The maximum atomic E-state index is 14.3. The zero-order valence-corrected chi connectivity index (χ0v) is 19.0. The first-order valence-corrected chi connectivity index (χ1v) is 11.1. The normalized spacial score (nSPS) is 16.4. The molecule has 1 fully saturated rings. The number of likely N-dealkylation sites (tertiary alicyclic amines) is 1. The third kappa shape index (κ3) is 5.85. The van der Waals surface area contributed by atoms with Gasteiger partial charge in [-0.05, 0) is 74.9 Å². The predicted octanol–water partition coefficient (Wildman–Crippen LogP) is 6.36. The van der Waals surface area contributed by atoms with Crippen LogP contribution in [0.5, 0.6) is 0 Å². The van der Waals surface area contributed by atoms with Crippen molar-refractivity contribution in [3.8, 4) is 11.3 Å².